The molecule has 0 saturated heterocycles. The van der Waals surface area contributed by atoms with Gasteiger partial charge in [-0.3, -0.25) is 4.90 Å². The molecule has 2 nitrogen and oxygen atoms in total. The second-order valence-electron chi connectivity index (χ2n) is 6.87. The van der Waals surface area contributed by atoms with Crippen LogP contribution in [0.25, 0.3) is 0 Å². The lowest BCUT2D eigenvalue weighted by molar-refractivity contribution is 0.0315. The van der Waals surface area contributed by atoms with Crippen molar-refractivity contribution in [3.8, 4) is 0 Å². The lowest BCUT2D eigenvalue weighted by Crippen LogP contribution is -2.36. The molecule has 20 heavy (non-hydrogen) atoms. The Hall–Kier alpha value is -0.570. The van der Waals surface area contributed by atoms with Crippen molar-refractivity contribution in [2.24, 2.45) is 11.3 Å². The fourth-order valence-electron chi connectivity index (χ4n) is 3.27. The van der Waals surface area contributed by atoms with E-state index in [1.807, 2.05) is 18.2 Å². The van der Waals surface area contributed by atoms with E-state index in [0.29, 0.717) is 5.92 Å². The number of nitrogens with zero attached hydrogens (tertiary/aromatic N) is 1. The molecular weight excluding hydrogens is 270 g/mol. The zero-order chi connectivity index (χ0) is 14.9. The van der Waals surface area contributed by atoms with Gasteiger partial charge in [0.2, 0.25) is 0 Å². The summed E-state index contributed by atoms with van der Waals surface area (Å²) in [6, 6.07) is 8.27. The number of hydrogen-bond acceptors (Lipinski definition) is 2. The highest BCUT2D eigenvalue weighted by molar-refractivity contribution is 6.31. The molecule has 0 aliphatic heterocycles. The van der Waals surface area contributed by atoms with Crippen molar-refractivity contribution in [2.45, 2.75) is 45.8 Å². The first-order chi connectivity index (χ1) is 9.33. The summed E-state index contributed by atoms with van der Waals surface area (Å²) in [7, 11) is 2.12. The van der Waals surface area contributed by atoms with Gasteiger partial charge in [0.1, 0.15) is 0 Å². The topological polar surface area (TPSA) is 23.5 Å². The summed E-state index contributed by atoms with van der Waals surface area (Å²) in [6.45, 7) is 7.41. The Kier molecular flexibility index (Phi) is 4.78. The molecule has 1 aromatic rings. The second-order valence-corrected chi connectivity index (χ2v) is 7.28. The molecule has 2 rings (SSSR count). The van der Waals surface area contributed by atoms with Gasteiger partial charge in [0, 0.05) is 17.6 Å². The summed E-state index contributed by atoms with van der Waals surface area (Å²) in [4.78, 5) is 2.30. The molecule has 3 heteroatoms. The minimum Gasteiger partial charge on any atom is -0.392 e. The van der Waals surface area contributed by atoms with Gasteiger partial charge in [-0.05, 0) is 49.8 Å². The predicted octanol–water partition coefficient (Wildman–Crippen LogP) is 4.13. The van der Waals surface area contributed by atoms with Crippen molar-refractivity contribution < 1.29 is 5.11 Å². The maximum absolute atomic E-state index is 10.4. The van der Waals surface area contributed by atoms with E-state index in [1.165, 1.54) is 0 Å². The maximum atomic E-state index is 10.4. The van der Waals surface area contributed by atoms with Crippen LogP contribution in [0.15, 0.2) is 24.3 Å². The number of aliphatic hydroxyl groups excluding tert-OH is 1. The number of benzene rings is 1. The van der Waals surface area contributed by atoms with Gasteiger partial charge in [0.25, 0.3) is 0 Å². The van der Waals surface area contributed by atoms with Gasteiger partial charge in [-0.15, -0.1) is 0 Å². The highest BCUT2D eigenvalue weighted by Crippen LogP contribution is 2.42. The molecule has 1 saturated carbocycles. The highest BCUT2D eigenvalue weighted by atomic mass is 35.5. The van der Waals surface area contributed by atoms with E-state index < -0.39 is 0 Å². The average Bonchev–Trinajstić information content (AvgIpc) is 2.65. The van der Waals surface area contributed by atoms with Crippen LogP contribution in [0.3, 0.4) is 0 Å². The molecular formula is C17H26ClNO. The molecule has 1 aliphatic rings. The Balaban J connectivity index is 2.02. The summed E-state index contributed by atoms with van der Waals surface area (Å²) in [5.41, 5.74) is 1.21. The van der Waals surface area contributed by atoms with E-state index >= 15 is 0 Å². The van der Waals surface area contributed by atoms with E-state index in [1.54, 1.807) is 0 Å². The van der Waals surface area contributed by atoms with Crippen LogP contribution < -0.4 is 0 Å². The molecule has 0 amide bonds. The monoisotopic (exact) mass is 295 g/mol. The van der Waals surface area contributed by atoms with Crippen LogP contribution in [-0.4, -0.2) is 29.7 Å². The molecule has 3 atom stereocenters. The van der Waals surface area contributed by atoms with Crippen molar-refractivity contribution in [3.63, 3.8) is 0 Å². The van der Waals surface area contributed by atoms with Crippen molar-refractivity contribution in [1.29, 1.82) is 0 Å². The fraction of sp³-hybridized carbons (Fsp3) is 0.647. The largest absolute Gasteiger partial charge is 0.392 e. The van der Waals surface area contributed by atoms with E-state index in [4.69, 9.17) is 11.6 Å². The second kappa shape index (κ2) is 6.05. The Bertz CT molecular complexity index is 460. The minimum absolute atomic E-state index is 0.0547. The van der Waals surface area contributed by atoms with Gasteiger partial charge in [0.05, 0.1) is 6.10 Å². The van der Waals surface area contributed by atoms with Gasteiger partial charge >= 0.3 is 0 Å². The van der Waals surface area contributed by atoms with Gasteiger partial charge < -0.3 is 5.11 Å². The Labute approximate surface area is 127 Å². The van der Waals surface area contributed by atoms with E-state index in [2.05, 4.69) is 38.8 Å². The van der Waals surface area contributed by atoms with Crippen LogP contribution in [0.2, 0.25) is 5.02 Å². The Morgan fingerprint density at radius 3 is 2.60 bits per heavy atom. The SMILES string of the molecule is CC(c1ccccc1Cl)N(C)CC1CCC(C)(C)C1O. The molecule has 0 spiro atoms. The van der Waals surface area contributed by atoms with Crippen molar-refractivity contribution >= 4 is 11.6 Å². The Morgan fingerprint density at radius 1 is 1.40 bits per heavy atom. The average molecular weight is 296 g/mol. The van der Waals surface area contributed by atoms with Crippen molar-refractivity contribution in [2.75, 3.05) is 13.6 Å². The lowest BCUT2D eigenvalue weighted by Gasteiger charge is -2.31. The van der Waals surface area contributed by atoms with Crippen LogP contribution in [0.4, 0.5) is 0 Å². The molecule has 0 aromatic heterocycles. The first-order valence-corrected chi connectivity index (χ1v) is 7.83. The standard InChI is InChI=1S/C17H26ClNO/c1-12(14-7-5-6-8-15(14)18)19(4)11-13-9-10-17(2,3)16(13)20/h5-8,12-13,16,20H,9-11H2,1-4H3. The molecule has 1 aliphatic carbocycles. The molecule has 1 aromatic carbocycles. The third-order valence-corrected chi connectivity index (χ3v) is 5.29. The molecule has 1 N–H and O–H groups in total. The third kappa shape index (κ3) is 3.19. The zero-order valence-electron chi connectivity index (χ0n) is 12.9. The summed E-state index contributed by atoms with van der Waals surface area (Å²) in [5.74, 6) is 0.361. The quantitative estimate of drug-likeness (QED) is 0.903. The zero-order valence-corrected chi connectivity index (χ0v) is 13.7. The predicted molar refractivity (Wildman–Crippen MR) is 85.0 cm³/mol. The van der Waals surface area contributed by atoms with Crippen LogP contribution in [0.1, 0.15) is 45.2 Å². The molecule has 0 radical (unpaired) electrons. The smallest absolute Gasteiger partial charge is 0.0631 e. The summed E-state index contributed by atoms with van der Waals surface area (Å²) < 4.78 is 0. The summed E-state index contributed by atoms with van der Waals surface area (Å²) in [5, 5.41) is 11.2. The van der Waals surface area contributed by atoms with Gasteiger partial charge in [-0.25, -0.2) is 0 Å². The van der Waals surface area contributed by atoms with Gasteiger partial charge in [-0.1, -0.05) is 43.6 Å². The van der Waals surface area contributed by atoms with Crippen LogP contribution in [0, 0.1) is 11.3 Å². The van der Waals surface area contributed by atoms with E-state index in [9.17, 15) is 5.11 Å². The molecule has 0 heterocycles. The molecule has 0 bridgehead atoms. The minimum atomic E-state index is -0.205. The number of hydrogen-bond donors (Lipinski definition) is 1. The van der Waals surface area contributed by atoms with Crippen LogP contribution in [-0.2, 0) is 0 Å². The van der Waals surface area contributed by atoms with E-state index in [-0.39, 0.29) is 17.6 Å². The molecule has 3 unspecified atom stereocenters. The van der Waals surface area contributed by atoms with Gasteiger partial charge in [-0.2, -0.15) is 0 Å². The maximum Gasteiger partial charge on any atom is 0.0631 e. The van der Waals surface area contributed by atoms with Crippen LogP contribution >= 0.6 is 11.6 Å². The lowest BCUT2D eigenvalue weighted by atomic mass is 9.87. The molecule has 1 fully saturated rings. The highest BCUT2D eigenvalue weighted by Gasteiger charge is 2.41. The fourth-order valence-corrected chi connectivity index (χ4v) is 3.57. The first kappa shape index (κ1) is 15.8. The Morgan fingerprint density at radius 2 is 2.05 bits per heavy atom. The van der Waals surface area contributed by atoms with Crippen LogP contribution in [0.5, 0.6) is 0 Å². The first-order valence-electron chi connectivity index (χ1n) is 7.45. The number of aliphatic hydroxyl groups is 1. The van der Waals surface area contributed by atoms with E-state index in [0.717, 1.165) is 30.0 Å². The van der Waals surface area contributed by atoms with Crippen molar-refractivity contribution in [3.05, 3.63) is 34.9 Å². The number of rotatable bonds is 4. The summed E-state index contributed by atoms with van der Waals surface area (Å²) >= 11 is 6.28. The normalized spacial score (nSPS) is 26.9. The summed E-state index contributed by atoms with van der Waals surface area (Å²) in [6.07, 6.45) is 2.00. The number of halogens is 1. The third-order valence-electron chi connectivity index (χ3n) is 4.95. The molecule has 112 valence electrons. The van der Waals surface area contributed by atoms with Crippen molar-refractivity contribution in [1.82, 2.24) is 4.90 Å². The van der Waals surface area contributed by atoms with Gasteiger partial charge in [0.15, 0.2) is 0 Å².